The summed E-state index contributed by atoms with van der Waals surface area (Å²) < 4.78 is 33.4. The third-order valence-corrected chi connectivity index (χ3v) is 6.84. The van der Waals surface area contributed by atoms with Gasteiger partial charge in [-0.2, -0.15) is 17.0 Å². The first-order valence-electron chi connectivity index (χ1n) is 7.52. The third kappa shape index (κ3) is 2.69. The molecule has 2 heterocycles. The van der Waals surface area contributed by atoms with Gasteiger partial charge < -0.3 is 9.84 Å². The minimum atomic E-state index is -3.70. The Hall–Kier alpha value is -0.700. The molecule has 1 aliphatic carbocycles. The Morgan fingerprint density at radius 3 is 2.52 bits per heavy atom. The highest BCUT2D eigenvalue weighted by Crippen LogP contribution is 2.37. The second-order valence-electron chi connectivity index (χ2n) is 6.15. The van der Waals surface area contributed by atoms with Crippen LogP contribution in [-0.4, -0.2) is 66.5 Å². The predicted molar refractivity (Wildman–Crippen MR) is 74.9 cm³/mol. The van der Waals surface area contributed by atoms with E-state index >= 15 is 0 Å². The number of aliphatic carboxylic acids is 1. The van der Waals surface area contributed by atoms with Crippen molar-refractivity contribution in [1.82, 2.24) is 8.61 Å². The van der Waals surface area contributed by atoms with E-state index in [1.165, 1.54) is 8.61 Å². The Kier molecular flexibility index (Phi) is 3.98. The van der Waals surface area contributed by atoms with Gasteiger partial charge in [-0.1, -0.05) is 0 Å². The molecule has 2 aliphatic heterocycles. The molecule has 3 atom stereocenters. The quantitative estimate of drug-likeness (QED) is 0.787. The molecule has 120 valence electrons. The average molecular weight is 318 g/mol. The van der Waals surface area contributed by atoms with Crippen LogP contribution in [0, 0.1) is 5.92 Å². The maximum absolute atomic E-state index is 12.6. The lowest BCUT2D eigenvalue weighted by molar-refractivity contribution is -0.143. The normalized spacial score (nSPS) is 34.7. The number of carboxylic acid groups (broad SMARTS) is 1. The van der Waals surface area contributed by atoms with E-state index in [-0.39, 0.29) is 24.6 Å². The second-order valence-corrected chi connectivity index (χ2v) is 8.09. The summed E-state index contributed by atoms with van der Waals surface area (Å²) in [6.07, 6.45) is 3.88. The summed E-state index contributed by atoms with van der Waals surface area (Å²) in [6, 6.07) is -0.967. The Morgan fingerprint density at radius 1 is 1.29 bits per heavy atom. The third-order valence-electron chi connectivity index (χ3n) is 4.82. The molecule has 21 heavy (non-hydrogen) atoms. The summed E-state index contributed by atoms with van der Waals surface area (Å²) >= 11 is 0. The fourth-order valence-electron chi connectivity index (χ4n) is 3.47. The standard InChI is InChI=1S/C13H22N2O5S/c1-14(9-4-5-9)21(18,19)15-7-6-10(12(15)13(16)17)11-3-2-8-20-11/h9-12H,2-8H2,1H3,(H,16,17). The molecular formula is C13H22N2O5S. The summed E-state index contributed by atoms with van der Waals surface area (Å²) in [5.41, 5.74) is 0. The molecule has 7 nitrogen and oxygen atoms in total. The van der Waals surface area contributed by atoms with E-state index in [2.05, 4.69) is 0 Å². The fourth-order valence-corrected chi connectivity index (χ4v) is 5.26. The lowest BCUT2D eigenvalue weighted by Crippen LogP contribution is -2.50. The van der Waals surface area contributed by atoms with E-state index in [1.54, 1.807) is 7.05 Å². The first-order valence-corrected chi connectivity index (χ1v) is 8.92. The molecule has 0 radical (unpaired) electrons. The molecular weight excluding hydrogens is 296 g/mol. The molecule has 3 rings (SSSR count). The molecule has 1 saturated carbocycles. The van der Waals surface area contributed by atoms with Crippen LogP contribution in [0.3, 0.4) is 0 Å². The van der Waals surface area contributed by atoms with Crippen LogP contribution in [0.4, 0.5) is 0 Å². The van der Waals surface area contributed by atoms with Crippen LogP contribution in [0.2, 0.25) is 0 Å². The first kappa shape index (κ1) is 15.2. The van der Waals surface area contributed by atoms with Crippen molar-refractivity contribution in [1.29, 1.82) is 0 Å². The Morgan fingerprint density at radius 2 is 2.00 bits per heavy atom. The number of nitrogens with zero attached hydrogens (tertiary/aromatic N) is 2. The van der Waals surface area contributed by atoms with Crippen LogP contribution < -0.4 is 0 Å². The van der Waals surface area contributed by atoms with Gasteiger partial charge in [-0.05, 0) is 32.1 Å². The zero-order valence-electron chi connectivity index (χ0n) is 12.1. The van der Waals surface area contributed by atoms with E-state index in [0.29, 0.717) is 13.0 Å². The van der Waals surface area contributed by atoms with Gasteiger partial charge in [0, 0.05) is 32.2 Å². The molecule has 3 aliphatic rings. The van der Waals surface area contributed by atoms with E-state index < -0.39 is 22.2 Å². The van der Waals surface area contributed by atoms with Crippen molar-refractivity contribution in [2.45, 2.75) is 50.3 Å². The number of carbonyl (C=O) groups is 1. The van der Waals surface area contributed by atoms with Gasteiger partial charge in [0.1, 0.15) is 6.04 Å². The monoisotopic (exact) mass is 318 g/mol. The predicted octanol–water partition coefficient (Wildman–Crippen LogP) is 0.280. The number of hydrogen-bond donors (Lipinski definition) is 1. The summed E-state index contributed by atoms with van der Waals surface area (Å²) in [4.78, 5) is 11.7. The van der Waals surface area contributed by atoms with Crippen molar-refractivity contribution >= 4 is 16.2 Å². The van der Waals surface area contributed by atoms with Crippen LogP contribution in [-0.2, 0) is 19.7 Å². The molecule has 0 amide bonds. The first-order chi connectivity index (χ1) is 9.93. The van der Waals surface area contributed by atoms with E-state index in [0.717, 1.165) is 25.7 Å². The van der Waals surface area contributed by atoms with Gasteiger partial charge in [-0.3, -0.25) is 4.79 Å². The topological polar surface area (TPSA) is 87.2 Å². The van der Waals surface area contributed by atoms with Crippen LogP contribution in [0.1, 0.15) is 32.1 Å². The number of rotatable bonds is 5. The van der Waals surface area contributed by atoms with Crippen molar-refractivity contribution in [3.8, 4) is 0 Å². The lowest BCUT2D eigenvalue weighted by Gasteiger charge is -2.30. The second kappa shape index (κ2) is 5.49. The van der Waals surface area contributed by atoms with Crippen molar-refractivity contribution in [2.75, 3.05) is 20.2 Å². The number of ether oxygens (including phenoxy) is 1. The van der Waals surface area contributed by atoms with Crippen molar-refractivity contribution < 1.29 is 23.1 Å². The van der Waals surface area contributed by atoms with Crippen LogP contribution in [0.25, 0.3) is 0 Å². The largest absolute Gasteiger partial charge is 0.480 e. The number of carboxylic acids is 1. The van der Waals surface area contributed by atoms with E-state index in [4.69, 9.17) is 4.74 Å². The molecule has 8 heteroatoms. The highest BCUT2D eigenvalue weighted by Gasteiger charge is 2.51. The molecule has 3 fully saturated rings. The van der Waals surface area contributed by atoms with Gasteiger partial charge in [-0.25, -0.2) is 0 Å². The molecule has 0 aromatic heterocycles. The summed E-state index contributed by atoms with van der Waals surface area (Å²) in [5.74, 6) is -1.31. The number of hydrogen-bond acceptors (Lipinski definition) is 4. The average Bonchev–Trinajstić information content (AvgIpc) is 2.95. The Bertz CT molecular complexity index is 513. The highest BCUT2D eigenvalue weighted by atomic mass is 32.2. The van der Waals surface area contributed by atoms with Gasteiger partial charge >= 0.3 is 5.97 Å². The smallest absolute Gasteiger partial charge is 0.322 e. The van der Waals surface area contributed by atoms with Crippen LogP contribution in [0.15, 0.2) is 0 Å². The maximum Gasteiger partial charge on any atom is 0.322 e. The molecule has 0 aromatic rings. The molecule has 0 spiro atoms. The van der Waals surface area contributed by atoms with Crippen LogP contribution >= 0.6 is 0 Å². The maximum atomic E-state index is 12.6. The molecule has 2 saturated heterocycles. The summed E-state index contributed by atoms with van der Waals surface area (Å²) in [7, 11) is -2.15. The zero-order valence-corrected chi connectivity index (χ0v) is 13.0. The van der Waals surface area contributed by atoms with Crippen LogP contribution in [0.5, 0.6) is 0 Å². The minimum Gasteiger partial charge on any atom is -0.480 e. The van der Waals surface area contributed by atoms with Crippen molar-refractivity contribution in [3.63, 3.8) is 0 Å². The Balaban J connectivity index is 1.82. The molecule has 0 bridgehead atoms. The highest BCUT2D eigenvalue weighted by molar-refractivity contribution is 7.86. The summed E-state index contributed by atoms with van der Waals surface area (Å²) in [6.45, 7) is 0.906. The SMILES string of the molecule is CN(C1CC1)S(=O)(=O)N1CCC(C2CCCO2)C1C(=O)O. The van der Waals surface area contributed by atoms with Crippen molar-refractivity contribution in [2.24, 2.45) is 5.92 Å². The summed E-state index contributed by atoms with van der Waals surface area (Å²) in [5, 5.41) is 9.53. The Labute approximate surface area is 125 Å². The fraction of sp³-hybridized carbons (Fsp3) is 0.923. The molecule has 3 unspecified atom stereocenters. The van der Waals surface area contributed by atoms with Crippen molar-refractivity contribution in [3.05, 3.63) is 0 Å². The minimum absolute atomic E-state index is 0.0335. The van der Waals surface area contributed by atoms with Gasteiger partial charge in [0.15, 0.2) is 0 Å². The van der Waals surface area contributed by atoms with Gasteiger partial charge in [0.05, 0.1) is 6.10 Å². The van der Waals surface area contributed by atoms with E-state index in [1.807, 2.05) is 0 Å². The molecule has 0 aromatic carbocycles. The molecule has 1 N–H and O–H groups in total. The lowest BCUT2D eigenvalue weighted by atomic mass is 9.92. The van der Waals surface area contributed by atoms with Gasteiger partial charge in [0.25, 0.3) is 10.2 Å². The van der Waals surface area contributed by atoms with Gasteiger partial charge in [0.2, 0.25) is 0 Å². The zero-order chi connectivity index (χ0) is 15.2. The van der Waals surface area contributed by atoms with Gasteiger partial charge in [-0.15, -0.1) is 0 Å². The van der Waals surface area contributed by atoms with E-state index in [9.17, 15) is 18.3 Å².